The van der Waals surface area contributed by atoms with Crippen molar-refractivity contribution < 1.29 is 23.8 Å². The van der Waals surface area contributed by atoms with E-state index in [9.17, 15) is 9.59 Å². The largest absolute Gasteiger partial charge is 0.462 e. The van der Waals surface area contributed by atoms with E-state index in [-0.39, 0.29) is 25.2 Å². The first kappa shape index (κ1) is 57.9. The number of allylic oxidation sites excluding steroid dienone is 8. The monoisotopic (exact) mass is 841 g/mol. The van der Waals surface area contributed by atoms with Crippen molar-refractivity contribution in [2.45, 2.75) is 271 Å². The van der Waals surface area contributed by atoms with Gasteiger partial charge in [0.2, 0.25) is 0 Å². The number of esters is 2. The van der Waals surface area contributed by atoms with Crippen molar-refractivity contribution in [3.05, 3.63) is 48.6 Å². The average Bonchev–Trinajstić information content (AvgIpc) is 3.25. The van der Waals surface area contributed by atoms with Gasteiger partial charge in [0, 0.05) is 19.4 Å². The van der Waals surface area contributed by atoms with Crippen LogP contribution in [0.3, 0.4) is 0 Å². The van der Waals surface area contributed by atoms with E-state index >= 15 is 0 Å². The van der Waals surface area contributed by atoms with E-state index in [1.54, 1.807) is 0 Å². The van der Waals surface area contributed by atoms with Gasteiger partial charge < -0.3 is 14.2 Å². The lowest BCUT2D eigenvalue weighted by Crippen LogP contribution is -2.30. The van der Waals surface area contributed by atoms with Crippen LogP contribution in [0.4, 0.5) is 0 Å². The molecule has 0 bridgehead atoms. The summed E-state index contributed by atoms with van der Waals surface area (Å²) in [6.45, 7) is 7.76. The highest BCUT2D eigenvalue weighted by Crippen LogP contribution is 2.14. The third kappa shape index (κ3) is 48.5. The van der Waals surface area contributed by atoms with Crippen LogP contribution >= 0.6 is 0 Å². The van der Waals surface area contributed by atoms with Gasteiger partial charge in [-0.3, -0.25) is 9.59 Å². The summed E-state index contributed by atoms with van der Waals surface area (Å²) in [7, 11) is 0. The van der Waals surface area contributed by atoms with E-state index < -0.39 is 6.10 Å². The van der Waals surface area contributed by atoms with Crippen molar-refractivity contribution in [1.82, 2.24) is 0 Å². The first-order valence-corrected chi connectivity index (χ1v) is 26.2. The minimum absolute atomic E-state index is 0.0768. The van der Waals surface area contributed by atoms with Gasteiger partial charge in [0.25, 0.3) is 0 Å². The minimum atomic E-state index is -0.545. The fourth-order valence-electron chi connectivity index (χ4n) is 7.34. The van der Waals surface area contributed by atoms with Gasteiger partial charge >= 0.3 is 11.9 Å². The predicted octanol–water partition coefficient (Wildman–Crippen LogP) is 17.6. The Morgan fingerprint density at radius 2 is 0.717 bits per heavy atom. The lowest BCUT2D eigenvalue weighted by Gasteiger charge is -2.18. The second kappa shape index (κ2) is 51.2. The van der Waals surface area contributed by atoms with Gasteiger partial charge in [-0.1, -0.05) is 204 Å². The maximum atomic E-state index is 12.8. The minimum Gasteiger partial charge on any atom is -0.462 e. The zero-order valence-corrected chi connectivity index (χ0v) is 40.2. The average molecular weight is 841 g/mol. The fourth-order valence-corrected chi connectivity index (χ4v) is 7.34. The molecule has 0 aromatic carbocycles. The van der Waals surface area contributed by atoms with Crippen molar-refractivity contribution in [2.75, 3.05) is 19.8 Å². The number of unbranched alkanes of at least 4 members (excludes halogenated alkanes) is 29. The Hall–Kier alpha value is -2.14. The van der Waals surface area contributed by atoms with Crippen LogP contribution in [0.1, 0.15) is 265 Å². The summed E-state index contributed by atoms with van der Waals surface area (Å²) in [4.78, 5) is 25.3. The molecule has 0 aromatic heterocycles. The maximum absolute atomic E-state index is 12.8. The molecule has 0 fully saturated rings. The SMILES string of the molecule is CCCC/C=C\CCCCCCCC(=O)OC(COCCCCCCCCCC/C=C\C/C=C\CCCCC)COC(=O)CCCCCCC/C=C\CCCCCCCC. The quantitative estimate of drug-likeness (QED) is 0.0347. The zero-order valence-electron chi connectivity index (χ0n) is 40.2. The van der Waals surface area contributed by atoms with Crippen LogP contribution in [0.2, 0.25) is 0 Å². The Morgan fingerprint density at radius 3 is 1.20 bits per heavy atom. The second-order valence-electron chi connectivity index (χ2n) is 17.4. The van der Waals surface area contributed by atoms with Crippen LogP contribution < -0.4 is 0 Å². The molecule has 0 saturated heterocycles. The third-order valence-corrected chi connectivity index (χ3v) is 11.3. The van der Waals surface area contributed by atoms with Gasteiger partial charge in [-0.2, -0.15) is 0 Å². The molecule has 0 amide bonds. The molecule has 1 atom stereocenters. The molecule has 0 aliphatic carbocycles. The molecule has 0 heterocycles. The molecule has 0 rings (SSSR count). The molecule has 60 heavy (non-hydrogen) atoms. The van der Waals surface area contributed by atoms with Gasteiger partial charge in [-0.15, -0.1) is 0 Å². The molecule has 0 aliphatic heterocycles. The summed E-state index contributed by atoms with van der Waals surface area (Å²) in [6.07, 6.45) is 62.6. The first-order chi connectivity index (χ1) is 29.6. The molecule has 350 valence electrons. The maximum Gasteiger partial charge on any atom is 0.306 e. The van der Waals surface area contributed by atoms with Crippen molar-refractivity contribution in [3.8, 4) is 0 Å². The molecule has 0 spiro atoms. The molecule has 0 saturated carbocycles. The van der Waals surface area contributed by atoms with Crippen LogP contribution in [0, 0.1) is 0 Å². The summed E-state index contributed by atoms with van der Waals surface area (Å²) >= 11 is 0. The normalized spacial score (nSPS) is 12.5. The summed E-state index contributed by atoms with van der Waals surface area (Å²) in [5, 5.41) is 0. The van der Waals surface area contributed by atoms with Crippen LogP contribution in [0.5, 0.6) is 0 Å². The molecule has 1 unspecified atom stereocenters. The van der Waals surface area contributed by atoms with Gasteiger partial charge in [-0.25, -0.2) is 0 Å². The summed E-state index contributed by atoms with van der Waals surface area (Å²) in [6, 6.07) is 0. The van der Waals surface area contributed by atoms with Crippen molar-refractivity contribution >= 4 is 11.9 Å². The number of rotatable bonds is 48. The predicted molar refractivity (Wildman–Crippen MR) is 261 cm³/mol. The van der Waals surface area contributed by atoms with Crippen molar-refractivity contribution in [3.63, 3.8) is 0 Å². The van der Waals surface area contributed by atoms with Gasteiger partial charge in [0.1, 0.15) is 6.61 Å². The number of hydrogen-bond donors (Lipinski definition) is 0. The second-order valence-corrected chi connectivity index (χ2v) is 17.4. The zero-order chi connectivity index (χ0) is 43.5. The number of hydrogen-bond acceptors (Lipinski definition) is 5. The first-order valence-electron chi connectivity index (χ1n) is 26.2. The number of carbonyl (C=O) groups is 2. The summed E-state index contributed by atoms with van der Waals surface area (Å²) in [5.74, 6) is -0.414. The summed E-state index contributed by atoms with van der Waals surface area (Å²) in [5.41, 5.74) is 0. The Morgan fingerprint density at radius 1 is 0.367 bits per heavy atom. The van der Waals surface area contributed by atoms with E-state index in [0.717, 1.165) is 70.6 Å². The Labute approximate surface area is 373 Å². The third-order valence-electron chi connectivity index (χ3n) is 11.3. The lowest BCUT2D eigenvalue weighted by molar-refractivity contribution is -0.163. The fraction of sp³-hybridized carbons (Fsp3) is 0.818. The lowest BCUT2D eigenvalue weighted by atomic mass is 10.1. The highest BCUT2D eigenvalue weighted by atomic mass is 16.6. The number of ether oxygens (including phenoxy) is 3. The standard InChI is InChI=1S/C55H100O5/c1-4-7-10-13-16-19-22-24-26-27-28-30-32-35-38-41-44-47-50-58-51-53(60-55(57)49-46-43-40-37-33-21-18-15-12-9-6-3)52-59-54(56)48-45-42-39-36-34-31-29-25-23-20-17-14-11-8-5-2/h15-16,18-19,24-26,29,53H,4-14,17,20-23,27-28,30-52H2,1-3H3/b18-15-,19-16-,26-24-,29-25-. The summed E-state index contributed by atoms with van der Waals surface area (Å²) < 4.78 is 17.4. The molecule has 5 nitrogen and oxygen atoms in total. The molecule has 0 aliphatic rings. The van der Waals surface area contributed by atoms with Crippen LogP contribution in [-0.4, -0.2) is 37.9 Å². The van der Waals surface area contributed by atoms with Gasteiger partial charge in [0.05, 0.1) is 6.61 Å². The van der Waals surface area contributed by atoms with Gasteiger partial charge in [-0.05, 0) is 96.3 Å². The van der Waals surface area contributed by atoms with Crippen LogP contribution in [0.25, 0.3) is 0 Å². The molecule has 0 radical (unpaired) electrons. The molecule has 0 aromatic rings. The van der Waals surface area contributed by atoms with Crippen molar-refractivity contribution in [1.29, 1.82) is 0 Å². The Kier molecular flexibility index (Phi) is 49.4. The van der Waals surface area contributed by atoms with E-state index in [1.165, 1.54) is 161 Å². The smallest absolute Gasteiger partial charge is 0.306 e. The van der Waals surface area contributed by atoms with Gasteiger partial charge in [0.15, 0.2) is 6.10 Å². The van der Waals surface area contributed by atoms with Crippen LogP contribution in [0.15, 0.2) is 48.6 Å². The molecule has 5 heteroatoms. The topological polar surface area (TPSA) is 61.8 Å². The van der Waals surface area contributed by atoms with Crippen LogP contribution in [-0.2, 0) is 23.8 Å². The highest BCUT2D eigenvalue weighted by molar-refractivity contribution is 5.70. The van der Waals surface area contributed by atoms with E-state index in [2.05, 4.69) is 69.4 Å². The van der Waals surface area contributed by atoms with E-state index in [0.29, 0.717) is 19.4 Å². The van der Waals surface area contributed by atoms with Crippen molar-refractivity contribution in [2.24, 2.45) is 0 Å². The highest BCUT2D eigenvalue weighted by Gasteiger charge is 2.17. The number of carbonyl (C=O) groups excluding carboxylic acids is 2. The Balaban J connectivity index is 4.24. The molecular formula is C55H100O5. The van der Waals surface area contributed by atoms with E-state index in [4.69, 9.17) is 14.2 Å². The Bertz CT molecular complexity index is 997. The molecule has 0 N–H and O–H groups in total. The molecular weight excluding hydrogens is 741 g/mol. The van der Waals surface area contributed by atoms with E-state index in [1.807, 2.05) is 0 Å².